The van der Waals surface area contributed by atoms with Crippen molar-refractivity contribution in [3.63, 3.8) is 0 Å². The van der Waals surface area contributed by atoms with E-state index in [2.05, 4.69) is 13.8 Å². The van der Waals surface area contributed by atoms with Crippen LogP contribution in [0.3, 0.4) is 0 Å². The Balaban J connectivity index is 3.23. The Morgan fingerprint density at radius 3 is 0.926 bits per heavy atom. The lowest BCUT2D eigenvalue weighted by Gasteiger charge is -2.18. The average Bonchev–Trinajstić information content (AvgIpc) is 2.64. The van der Waals surface area contributed by atoms with E-state index in [0.717, 1.165) is 25.7 Å². The largest absolute Gasteiger partial charge is 0.362 e. The van der Waals surface area contributed by atoms with Gasteiger partial charge in [0.25, 0.3) is 0 Å². The Bertz CT molecular complexity index is 277. The minimum Gasteiger partial charge on any atom is -0.362 e. The standard InChI is InChI=1S/C25H51FO/c1-3-5-7-9-10-11-12-13-14-15-16-17-18-20-22-24-25(26,27)23-21-19-8-6-4-2/h27H,3-24H2,1-2H3. The molecule has 0 rings (SSSR count). The minimum absolute atomic E-state index is 0.329. The zero-order valence-corrected chi connectivity index (χ0v) is 18.9. The summed E-state index contributed by atoms with van der Waals surface area (Å²) in [6, 6.07) is 0. The number of aliphatic hydroxyl groups is 1. The highest BCUT2D eigenvalue weighted by Gasteiger charge is 2.24. The fourth-order valence-corrected chi connectivity index (χ4v) is 3.89. The topological polar surface area (TPSA) is 20.2 Å². The van der Waals surface area contributed by atoms with Crippen molar-refractivity contribution in [2.75, 3.05) is 0 Å². The van der Waals surface area contributed by atoms with Crippen LogP contribution >= 0.6 is 0 Å². The molecule has 0 fully saturated rings. The first-order chi connectivity index (χ1) is 13.1. The molecule has 1 nitrogen and oxygen atoms in total. The molecule has 164 valence electrons. The Morgan fingerprint density at radius 1 is 0.444 bits per heavy atom. The quantitative estimate of drug-likeness (QED) is 0.184. The van der Waals surface area contributed by atoms with Gasteiger partial charge in [-0.3, -0.25) is 0 Å². The molecule has 0 saturated carbocycles. The zero-order valence-electron chi connectivity index (χ0n) is 18.9. The molecule has 0 spiro atoms. The SMILES string of the molecule is CCCCCCCCCCCCCCCCCC(O)(F)CCCCCCC. The van der Waals surface area contributed by atoms with E-state index < -0.39 is 5.85 Å². The van der Waals surface area contributed by atoms with Crippen LogP contribution < -0.4 is 0 Å². The van der Waals surface area contributed by atoms with Crippen molar-refractivity contribution < 1.29 is 9.50 Å². The van der Waals surface area contributed by atoms with Crippen LogP contribution in [-0.4, -0.2) is 11.0 Å². The monoisotopic (exact) mass is 386 g/mol. The summed E-state index contributed by atoms with van der Waals surface area (Å²) < 4.78 is 14.0. The molecule has 27 heavy (non-hydrogen) atoms. The Morgan fingerprint density at radius 2 is 0.667 bits per heavy atom. The first-order valence-corrected chi connectivity index (χ1v) is 12.5. The first kappa shape index (κ1) is 26.9. The van der Waals surface area contributed by atoms with E-state index in [1.807, 2.05) is 0 Å². The zero-order chi connectivity index (χ0) is 20.1. The highest BCUT2D eigenvalue weighted by Crippen LogP contribution is 2.24. The van der Waals surface area contributed by atoms with Gasteiger partial charge in [-0.05, 0) is 12.8 Å². The summed E-state index contributed by atoms with van der Waals surface area (Å²) in [6.07, 6.45) is 25.9. The van der Waals surface area contributed by atoms with Gasteiger partial charge in [-0.2, -0.15) is 0 Å². The van der Waals surface area contributed by atoms with Crippen LogP contribution in [0.25, 0.3) is 0 Å². The van der Waals surface area contributed by atoms with Gasteiger partial charge < -0.3 is 5.11 Å². The van der Waals surface area contributed by atoms with Gasteiger partial charge in [0.1, 0.15) is 0 Å². The van der Waals surface area contributed by atoms with Gasteiger partial charge in [-0.15, -0.1) is 0 Å². The molecule has 1 N–H and O–H groups in total. The maximum absolute atomic E-state index is 14.0. The van der Waals surface area contributed by atoms with E-state index in [4.69, 9.17) is 0 Å². The summed E-state index contributed by atoms with van der Waals surface area (Å²) in [5.41, 5.74) is 0. The van der Waals surface area contributed by atoms with Crippen molar-refractivity contribution in [1.29, 1.82) is 0 Å². The predicted molar refractivity (Wildman–Crippen MR) is 119 cm³/mol. The molecule has 0 heterocycles. The van der Waals surface area contributed by atoms with E-state index in [-0.39, 0.29) is 0 Å². The molecular weight excluding hydrogens is 335 g/mol. The minimum atomic E-state index is -1.91. The van der Waals surface area contributed by atoms with E-state index in [9.17, 15) is 9.50 Å². The van der Waals surface area contributed by atoms with Crippen LogP contribution in [0.4, 0.5) is 4.39 Å². The Hall–Kier alpha value is -0.110. The Kier molecular flexibility index (Phi) is 20.5. The lowest BCUT2D eigenvalue weighted by Crippen LogP contribution is -2.21. The van der Waals surface area contributed by atoms with Gasteiger partial charge in [-0.1, -0.05) is 129 Å². The summed E-state index contributed by atoms with van der Waals surface area (Å²) in [7, 11) is 0. The van der Waals surface area contributed by atoms with E-state index in [1.54, 1.807) is 0 Å². The molecular formula is C25H51FO. The van der Waals surface area contributed by atoms with E-state index >= 15 is 0 Å². The van der Waals surface area contributed by atoms with Gasteiger partial charge in [0.2, 0.25) is 5.85 Å². The highest BCUT2D eigenvalue weighted by atomic mass is 19.2. The van der Waals surface area contributed by atoms with Crippen LogP contribution in [0.1, 0.15) is 155 Å². The molecule has 0 aliphatic carbocycles. The third-order valence-electron chi connectivity index (χ3n) is 5.83. The van der Waals surface area contributed by atoms with Crippen LogP contribution in [0.15, 0.2) is 0 Å². The smallest absolute Gasteiger partial charge is 0.206 e. The van der Waals surface area contributed by atoms with Crippen molar-refractivity contribution in [3.8, 4) is 0 Å². The highest BCUT2D eigenvalue weighted by molar-refractivity contribution is 4.65. The second-order valence-electron chi connectivity index (χ2n) is 8.78. The van der Waals surface area contributed by atoms with Crippen molar-refractivity contribution in [3.05, 3.63) is 0 Å². The van der Waals surface area contributed by atoms with Gasteiger partial charge >= 0.3 is 0 Å². The molecule has 0 aliphatic heterocycles. The lowest BCUT2D eigenvalue weighted by atomic mass is 10.00. The third kappa shape index (κ3) is 22.0. The van der Waals surface area contributed by atoms with Crippen LogP contribution in [0, 0.1) is 0 Å². The number of hydrogen-bond donors (Lipinski definition) is 1. The molecule has 0 aromatic rings. The number of halogens is 1. The van der Waals surface area contributed by atoms with Crippen molar-refractivity contribution in [2.45, 2.75) is 161 Å². The molecule has 2 heteroatoms. The van der Waals surface area contributed by atoms with E-state index in [1.165, 1.54) is 103 Å². The van der Waals surface area contributed by atoms with Crippen LogP contribution in [-0.2, 0) is 0 Å². The van der Waals surface area contributed by atoms with Gasteiger partial charge in [-0.25, -0.2) is 4.39 Å². The third-order valence-corrected chi connectivity index (χ3v) is 5.83. The lowest BCUT2D eigenvalue weighted by molar-refractivity contribution is -0.103. The second-order valence-corrected chi connectivity index (χ2v) is 8.78. The molecule has 0 aromatic heterocycles. The summed E-state index contributed by atoms with van der Waals surface area (Å²) in [5.74, 6) is -1.91. The van der Waals surface area contributed by atoms with Crippen molar-refractivity contribution in [1.82, 2.24) is 0 Å². The van der Waals surface area contributed by atoms with Crippen LogP contribution in [0.2, 0.25) is 0 Å². The number of hydrogen-bond acceptors (Lipinski definition) is 1. The van der Waals surface area contributed by atoms with Crippen molar-refractivity contribution >= 4 is 0 Å². The predicted octanol–water partition coefficient (Wildman–Crippen LogP) is 9.27. The summed E-state index contributed by atoms with van der Waals surface area (Å²) in [5, 5.41) is 9.81. The normalized spacial score (nSPS) is 13.8. The maximum Gasteiger partial charge on any atom is 0.206 e. The van der Waals surface area contributed by atoms with Crippen LogP contribution in [0.5, 0.6) is 0 Å². The molecule has 0 radical (unpaired) electrons. The molecule has 1 atom stereocenters. The summed E-state index contributed by atoms with van der Waals surface area (Å²) in [4.78, 5) is 0. The fourth-order valence-electron chi connectivity index (χ4n) is 3.89. The van der Waals surface area contributed by atoms with Gasteiger partial charge in [0.05, 0.1) is 0 Å². The fraction of sp³-hybridized carbons (Fsp3) is 1.00. The van der Waals surface area contributed by atoms with Crippen molar-refractivity contribution in [2.24, 2.45) is 0 Å². The Labute approximate surface area is 170 Å². The first-order valence-electron chi connectivity index (χ1n) is 12.5. The van der Waals surface area contributed by atoms with E-state index in [0.29, 0.717) is 12.8 Å². The second kappa shape index (κ2) is 20.6. The molecule has 0 amide bonds. The molecule has 1 unspecified atom stereocenters. The molecule has 0 aromatic carbocycles. The molecule has 0 saturated heterocycles. The van der Waals surface area contributed by atoms with Gasteiger partial charge in [0.15, 0.2) is 0 Å². The average molecular weight is 387 g/mol. The number of unbranched alkanes of at least 4 members (excludes halogenated alkanes) is 18. The number of rotatable bonds is 22. The molecule has 0 bridgehead atoms. The maximum atomic E-state index is 14.0. The van der Waals surface area contributed by atoms with Gasteiger partial charge in [0, 0.05) is 12.8 Å². The summed E-state index contributed by atoms with van der Waals surface area (Å²) in [6.45, 7) is 4.46. The molecule has 0 aliphatic rings. The number of alkyl halides is 1. The summed E-state index contributed by atoms with van der Waals surface area (Å²) >= 11 is 0.